The van der Waals surface area contributed by atoms with Crippen molar-refractivity contribution in [2.75, 3.05) is 0 Å². The maximum Gasteiger partial charge on any atom is 1.00 e. The van der Waals surface area contributed by atoms with Gasteiger partial charge in [-0.3, -0.25) is 0 Å². The Morgan fingerprint density at radius 2 is 1.64 bits per heavy atom. The zero-order chi connectivity index (χ0) is 8.36. The fourth-order valence-electron chi connectivity index (χ4n) is 0.320. The van der Waals surface area contributed by atoms with Crippen LogP contribution in [0.5, 0.6) is 0 Å². The van der Waals surface area contributed by atoms with Gasteiger partial charge >= 0.3 is 57.4 Å². The molecule has 0 aromatic carbocycles. The molecule has 0 aromatic rings. The molecular formula is C6H9KO4. The number of rotatable bonds is 0. The second-order valence-corrected chi connectivity index (χ2v) is 2.79. The standard InChI is InChI=1S/C6H10O4.K/c1-6(2,3)10-5(9)4(7)8;/h1-3H3,(H,7,8);/q;+1/p-1. The first-order valence-electron chi connectivity index (χ1n) is 2.77. The van der Waals surface area contributed by atoms with Crippen LogP contribution in [0.3, 0.4) is 0 Å². The summed E-state index contributed by atoms with van der Waals surface area (Å²) in [6.07, 6.45) is 0. The number of carboxylic acid groups (broad SMARTS) is 1. The Balaban J connectivity index is 0. The van der Waals surface area contributed by atoms with Crippen LogP contribution in [0.4, 0.5) is 0 Å². The zero-order valence-electron chi connectivity index (χ0n) is 7.13. The molecule has 4 nitrogen and oxygen atoms in total. The van der Waals surface area contributed by atoms with Crippen LogP contribution in [0, 0.1) is 0 Å². The molecule has 0 aliphatic rings. The van der Waals surface area contributed by atoms with Gasteiger partial charge in [0, 0.05) is 0 Å². The maximum atomic E-state index is 10.3. The molecular weight excluding hydrogens is 175 g/mol. The molecule has 0 spiro atoms. The first-order valence-corrected chi connectivity index (χ1v) is 2.77. The molecule has 0 radical (unpaired) electrons. The van der Waals surface area contributed by atoms with Crippen molar-refractivity contribution in [3.8, 4) is 0 Å². The molecule has 11 heavy (non-hydrogen) atoms. The molecule has 0 unspecified atom stereocenters. The smallest absolute Gasteiger partial charge is 0.539 e. The average molecular weight is 184 g/mol. The fourth-order valence-corrected chi connectivity index (χ4v) is 0.320. The molecule has 58 valence electrons. The predicted molar refractivity (Wildman–Crippen MR) is 30.9 cm³/mol. The van der Waals surface area contributed by atoms with E-state index in [1.807, 2.05) is 0 Å². The van der Waals surface area contributed by atoms with Gasteiger partial charge in [0.25, 0.3) is 0 Å². The van der Waals surface area contributed by atoms with Crippen molar-refractivity contribution < 1.29 is 70.8 Å². The summed E-state index contributed by atoms with van der Waals surface area (Å²) in [5, 5.41) is 9.79. The zero-order valence-corrected chi connectivity index (χ0v) is 10.3. The Morgan fingerprint density at radius 1 is 1.27 bits per heavy atom. The second-order valence-electron chi connectivity index (χ2n) is 2.79. The van der Waals surface area contributed by atoms with E-state index in [1.54, 1.807) is 20.8 Å². The fraction of sp³-hybridized carbons (Fsp3) is 0.667. The third kappa shape index (κ3) is 8.48. The van der Waals surface area contributed by atoms with Crippen LogP contribution in [-0.4, -0.2) is 17.5 Å². The van der Waals surface area contributed by atoms with Crippen LogP contribution >= 0.6 is 0 Å². The summed E-state index contributed by atoms with van der Waals surface area (Å²) in [4.78, 5) is 20.1. The minimum Gasteiger partial charge on any atom is -0.539 e. The SMILES string of the molecule is CC(C)(C)OC(=O)C(=O)[O-].[K+]. The number of ether oxygens (including phenoxy) is 1. The first-order chi connectivity index (χ1) is 4.33. The van der Waals surface area contributed by atoms with E-state index in [4.69, 9.17) is 0 Å². The molecule has 0 rings (SSSR count). The normalized spacial score (nSPS) is 9.73. The molecule has 0 saturated heterocycles. The van der Waals surface area contributed by atoms with Gasteiger partial charge in [-0.25, -0.2) is 4.79 Å². The summed E-state index contributed by atoms with van der Waals surface area (Å²) in [5.74, 6) is -3.14. The Labute approximate surface area is 108 Å². The van der Waals surface area contributed by atoms with E-state index in [0.29, 0.717) is 0 Å². The minimum absolute atomic E-state index is 0. The number of carboxylic acids is 1. The number of hydrogen-bond donors (Lipinski definition) is 0. The largest absolute Gasteiger partial charge is 1.00 e. The van der Waals surface area contributed by atoms with E-state index in [1.165, 1.54) is 0 Å². The molecule has 0 heterocycles. The van der Waals surface area contributed by atoms with E-state index in [0.717, 1.165) is 0 Å². The number of hydrogen-bond acceptors (Lipinski definition) is 4. The van der Waals surface area contributed by atoms with Crippen LogP contribution in [0.15, 0.2) is 0 Å². The average Bonchev–Trinajstić information content (AvgIpc) is 1.60. The van der Waals surface area contributed by atoms with Crippen molar-refractivity contribution in [1.82, 2.24) is 0 Å². The van der Waals surface area contributed by atoms with Gasteiger partial charge in [-0.2, -0.15) is 0 Å². The Bertz CT molecular complexity index is 158. The van der Waals surface area contributed by atoms with E-state index >= 15 is 0 Å². The molecule has 0 amide bonds. The molecule has 0 saturated carbocycles. The van der Waals surface area contributed by atoms with E-state index in [2.05, 4.69) is 4.74 Å². The summed E-state index contributed by atoms with van der Waals surface area (Å²) in [6, 6.07) is 0. The van der Waals surface area contributed by atoms with Crippen molar-refractivity contribution in [1.29, 1.82) is 0 Å². The third-order valence-electron chi connectivity index (χ3n) is 0.566. The van der Waals surface area contributed by atoms with E-state index in [-0.39, 0.29) is 51.4 Å². The van der Waals surface area contributed by atoms with Gasteiger partial charge in [-0.1, -0.05) is 0 Å². The van der Waals surface area contributed by atoms with Gasteiger partial charge < -0.3 is 14.6 Å². The molecule has 0 fully saturated rings. The predicted octanol–water partition coefficient (Wildman–Crippen LogP) is -3.92. The van der Waals surface area contributed by atoms with Crippen molar-refractivity contribution in [2.45, 2.75) is 26.4 Å². The molecule has 0 aliphatic heterocycles. The molecule has 0 aromatic heterocycles. The van der Waals surface area contributed by atoms with Gasteiger partial charge in [-0.05, 0) is 20.8 Å². The Kier molecular flexibility index (Phi) is 6.75. The summed E-state index contributed by atoms with van der Waals surface area (Å²) < 4.78 is 4.40. The summed E-state index contributed by atoms with van der Waals surface area (Å²) in [5.41, 5.74) is -0.767. The topological polar surface area (TPSA) is 66.4 Å². The number of carbonyl (C=O) groups is 2. The van der Waals surface area contributed by atoms with Gasteiger partial charge in [0.15, 0.2) is 5.97 Å². The molecule has 0 bridgehead atoms. The molecule has 0 atom stereocenters. The minimum atomic E-state index is -1.81. The van der Waals surface area contributed by atoms with Crippen molar-refractivity contribution in [2.24, 2.45) is 0 Å². The number of esters is 1. The van der Waals surface area contributed by atoms with Crippen molar-refractivity contribution in [3.63, 3.8) is 0 Å². The number of aliphatic carboxylic acids is 1. The van der Waals surface area contributed by atoms with Crippen LogP contribution in [0.2, 0.25) is 0 Å². The third-order valence-corrected chi connectivity index (χ3v) is 0.566. The molecule has 0 aliphatic carbocycles. The first kappa shape index (κ1) is 14.1. The van der Waals surface area contributed by atoms with Crippen molar-refractivity contribution >= 4 is 11.9 Å². The van der Waals surface area contributed by atoms with Crippen LogP contribution in [-0.2, 0) is 14.3 Å². The van der Waals surface area contributed by atoms with Gasteiger partial charge in [0.1, 0.15) is 5.60 Å². The van der Waals surface area contributed by atoms with Crippen LogP contribution < -0.4 is 56.5 Å². The van der Waals surface area contributed by atoms with Gasteiger partial charge in [0.05, 0.1) is 0 Å². The van der Waals surface area contributed by atoms with Crippen LogP contribution in [0.1, 0.15) is 20.8 Å². The van der Waals surface area contributed by atoms with Crippen molar-refractivity contribution in [3.05, 3.63) is 0 Å². The molecule has 0 N–H and O–H groups in total. The maximum absolute atomic E-state index is 10.3. The van der Waals surface area contributed by atoms with E-state index < -0.39 is 17.5 Å². The van der Waals surface area contributed by atoms with Gasteiger partial charge in [0.2, 0.25) is 0 Å². The summed E-state index contributed by atoms with van der Waals surface area (Å²) in [6.45, 7) is 4.73. The van der Waals surface area contributed by atoms with Crippen LogP contribution in [0.25, 0.3) is 0 Å². The summed E-state index contributed by atoms with van der Waals surface area (Å²) >= 11 is 0. The second kappa shape index (κ2) is 5.26. The quantitative estimate of drug-likeness (QED) is 0.219. The Morgan fingerprint density at radius 3 is 1.73 bits per heavy atom. The monoisotopic (exact) mass is 184 g/mol. The molecule has 5 heteroatoms. The Hall–Kier alpha value is 0.576. The number of carbonyl (C=O) groups excluding carboxylic acids is 2. The summed E-state index contributed by atoms with van der Waals surface area (Å²) in [7, 11) is 0. The van der Waals surface area contributed by atoms with E-state index in [9.17, 15) is 14.7 Å². The van der Waals surface area contributed by atoms with Gasteiger partial charge in [-0.15, -0.1) is 0 Å².